The van der Waals surface area contributed by atoms with Gasteiger partial charge in [-0.1, -0.05) is 30.3 Å². The summed E-state index contributed by atoms with van der Waals surface area (Å²) in [7, 11) is 0. The molecule has 62 valence electrons. The molecule has 0 aliphatic heterocycles. The van der Waals surface area contributed by atoms with Crippen LogP contribution in [0.15, 0.2) is 34.0 Å². The maximum Gasteiger partial charge on any atom is 0.304 e. The van der Waals surface area contributed by atoms with Crippen LogP contribution in [0.25, 0.3) is 6.08 Å². The lowest BCUT2D eigenvalue weighted by Gasteiger charge is -1.90. The van der Waals surface area contributed by atoms with Gasteiger partial charge in [-0.2, -0.15) is 0 Å². The average molecular weight is 275 g/mol. The largest absolute Gasteiger partial charge is 0.304 e. The van der Waals surface area contributed by atoms with Crippen LogP contribution in [-0.2, 0) is 0 Å². The highest BCUT2D eigenvalue weighted by molar-refractivity contribution is 14.1. The highest BCUT2D eigenvalue weighted by Crippen LogP contribution is 2.12. The van der Waals surface area contributed by atoms with Gasteiger partial charge in [0.1, 0.15) is 0 Å². The molecule has 0 fully saturated rings. The molecule has 1 aromatic carbocycles. The lowest BCUT2D eigenvalue weighted by Crippen LogP contribution is -1.89. The van der Waals surface area contributed by atoms with E-state index in [2.05, 4.69) is 0 Å². The third kappa shape index (κ3) is 2.61. The monoisotopic (exact) mass is 275 g/mol. The molecule has 0 amide bonds. The summed E-state index contributed by atoms with van der Waals surface area (Å²) in [5.41, 5.74) is 0.846. The Morgan fingerprint density at radius 2 is 2.00 bits per heavy atom. The van der Waals surface area contributed by atoms with Gasteiger partial charge in [0.25, 0.3) is 0 Å². The molecular formula is C8H6INO2. The second-order valence-corrected chi connectivity index (χ2v) is 3.24. The molecule has 1 rings (SSSR count). The Hall–Kier alpha value is -0.910. The Balaban J connectivity index is 2.89. The molecule has 1 aromatic rings. The molecule has 0 bridgehead atoms. The molecule has 0 saturated heterocycles. The molecule has 4 heteroatoms. The number of nitrogens with zero attached hydrogens (tertiary/aromatic N) is 1. The number of rotatable bonds is 2. The van der Waals surface area contributed by atoms with Crippen molar-refractivity contribution in [1.29, 1.82) is 0 Å². The molecule has 0 aliphatic carbocycles. The standard InChI is InChI=1S/C8H6INO2/c9-8(10(11)12)6-7-4-2-1-3-5-7/h1-6H. The fraction of sp³-hybridized carbons (Fsp3) is 0. The Kier molecular flexibility index (Phi) is 3.21. The van der Waals surface area contributed by atoms with Gasteiger partial charge < -0.3 is 0 Å². The summed E-state index contributed by atoms with van der Waals surface area (Å²) in [5, 5.41) is 10.2. The van der Waals surface area contributed by atoms with Crippen LogP contribution < -0.4 is 0 Å². The first-order valence-electron chi connectivity index (χ1n) is 3.27. The fourth-order valence-electron chi connectivity index (χ4n) is 0.739. The Morgan fingerprint density at radius 3 is 2.50 bits per heavy atom. The van der Waals surface area contributed by atoms with Crippen molar-refractivity contribution in [2.24, 2.45) is 0 Å². The van der Waals surface area contributed by atoms with E-state index in [0.717, 1.165) is 5.56 Å². The van der Waals surface area contributed by atoms with Gasteiger partial charge >= 0.3 is 3.70 Å². The highest BCUT2D eigenvalue weighted by atomic mass is 127. The van der Waals surface area contributed by atoms with E-state index in [1.54, 1.807) is 22.6 Å². The zero-order chi connectivity index (χ0) is 8.97. The van der Waals surface area contributed by atoms with E-state index < -0.39 is 4.92 Å². The van der Waals surface area contributed by atoms with Gasteiger partial charge in [-0.15, -0.1) is 0 Å². The molecule has 0 heterocycles. The number of benzene rings is 1. The van der Waals surface area contributed by atoms with Crippen molar-refractivity contribution in [3.8, 4) is 0 Å². The summed E-state index contributed by atoms with van der Waals surface area (Å²) in [6.45, 7) is 0. The summed E-state index contributed by atoms with van der Waals surface area (Å²) in [4.78, 5) is 9.82. The summed E-state index contributed by atoms with van der Waals surface area (Å²) < 4.78 is 0.124. The molecule has 0 N–H and O–H groups in total. The molecule has 0 radical (unpaired) electrons. The van der Waals surface area contributed by atoms with Crippen molar-refractivity contribution in [1.82, 2.24) is 0 Å². The molecule has 0 aliphatic rings. The topological polar surface area (TPSA) is 43.1 Å². The summed E-state index contributed by atoms with van der Waals surface area (Å²) >= 11 is 1.70. The van der Waals surface area contributed by atoms with Crippen LogP contribution >= 0.6 is 22.6 Å². The van der Waals surface area contributed by atoms with E-state index in [-0.39, 0.29) is 3.70 Å². The summed E-state index contributed by atoms with van der Waals surface area (Å²) in [6.07, 6.45) is 1.53. The van der Waals surface area contributed by atoms with Crippen LogP contribution in [-0.4, -0.2) is 4.92 Å². The Labute approximate surface area is 83.4 Å². The minimum Gasteiger partial charge on any atom is -0.258 e. The van der Waals surface area contributed by atoms with Gasteiger partial charge in [0.15, 0.2) is 0 Å². The van der Waals surface area contributed by atoms with Gasteiger partial charge in [-0.05, 0) is 5.56 Å². The molecule has 0 aromatic heterocycles. The molecule has 0 spiro atoms. The third-order valence-electron chi connectivity index (χ3n) is 1.26. The van der Waals surface area contributed by atoms with Crippen molar-refractivity contribution in [3.63, 3.8) is 0 Å². The number of hydrogen-bond donors (Lipinski definition) is 0. The molecule has 0 atom stereocenters. The number of halogens is 1. The second kappa shape index (κ2) is 4.20. The van der Waals surface area contributed by atoms with Crippen molar-refractivity contribution >= 4 is 28.7 Å². The first-order valence-corrected chi connectivity index (χ1v) is 4.34. The first-order chi connectivity index (χ1) is 5.70. The van der Waals surface area contributed by atoms with E-state index in [4.69, 9.17) is 0 Å². The van der Waals surface area contributed by atoms with Gasteiger partial charge in [-0.3, -0.25) is 10.1 Å². The molecule has 0 unspecified atom stereocenters. The zero-order valence-corrected chi connectivity index (χ0v) is 8.26. The van der Waals surface area contributed by atoms with E-state index in [1.807, 2.05) is 30.3 Å². The van der Waals surface area contributed by atoms with Crippen molar-refractivity contribution in [3.05, 3.63) is 49.7 Å². The van der Waals surface area contributed by atoms with Crippen LogP contribution in [0.5, 0.6) is 0 Å². The Bertz CT molecular complexity index is 308. The molecule has 0 saturated carbocycles. The minimum atomic E-state index is -0.409. The van der Waals surface area contributed by atoms with Crippen LogP contribution in [0.3, 0.4) is 0 Å². The van der Waals surface area contributed by atoms with Gasteiger partial charge in [0.05, 0.1) is 4.92 Å². The predicted molar refractivity (Wildman–Crippen MR) is 55.4 cm³/mol. The van der Waals surface area contributed by atoms with Crippen molar-refractivity contribution < 1.29 is 4.92 Å². The highest BCUT2D eigenvalue weighted by Gasteiger charge is 2.02. The van der Waals surface area contributed by atoms with Crippen LogP contribution in [0.1, 0.15) is 5.56 Å². The van der Waals surface area contributed by atoms with Crippen LogP contribution in [0, 0.1) is 10.1 Å². The minimum absolute atomic E-state index is 0.124. The smallest absolute Gasteiger partial charge is 0.258 e. The average Bonchev–Trinajstić information content (AvgIpc) is 2.06. The SMILES string of the molecule is O=[N+]([O-])C(I)=Cc1ccccc1. The van der Waals surface area contributed by atoms with Crippen LogP contribution in [0.4, 0.5) is 0 Å². The van der Waals surface area contributed by atoms with Crippen LogP contribution in [0.2, 0.25) is 0 Å². The van der Waals surface area contributed by atoms with E-state index in [1.165, 1.54) is 6.08 Å². The van der Waals surface area contributed by atoms with E-state index >= 15 is 0 Å². The lowest BCUT2D eigenvalue weighted by atomic mass is 10.2. The zero-order valence-electron chi connectivity index (χ0n) is 6.11. The van der Waals surface area contributed by atoms with Gasteiger partial charge in [0.2, 0.25) is 0 Å². The first kappa shape index (κ1) is 9.18. The quantitative estimate of drug-likeness (QED) is 0.360. The van der Waals surface area contributed by atoms with E-state index in [0.29, 0.717) is 0 Å². The van der Waals surface area contributed by atoms with Crippen molar-refractivity contribution in [2.45, 2.75) is 0 Å². The fourth-order valence-corrected chi connectivity index (χ4v) is 1.10. The maximum atomic E-state index is 10.2. The van der Waals surface area contributed by atoms with E-state index in [9.17, 15) is 10.1 Å². The summed E-state index contributed by atoms with van der Waals surface area (Å²) in [5.74, 6) is 0. The van der Waals surface area contributed by atoms with Gasteiger partial charge in [-0.25, -0.2) is 0 Å². The molecule has 12 heavy (non-hydrogen) atoms. The second-order valence-electron chi connectivity index (χ2n) is 2.13. The number of hydrogen-bond acceptors (Lipinski definition) is 2. The third-order valence-corrected chi connectivity index (χ3v) is 1.97. The molecule has 3 nitrogen and oxygen atoms in total. The summed E-state index contributed by atoms with van der Waals surface area (Å²) in [6, 6.07) is 9.20. The lowest BCUT2D eigenvalue weighted by molar-refractivity contribution is -0.405. The number of nitro groups is 1. The normalized spacial score (nSPS) is 11.2. The predicted octanol–water partition coefficient (Wildman–Crippen LogP) is 2.70. The van der Waals surface area contributed by atoms with Crippen molar-refractivity contribution in [2.75, 3.05) is 0 Å². The Morgan fingerprint density at radius 1 is 1.42 bits per heavy atom. The maximum absolute atomic E-state index is 10.2. The molecular weight excluding hydrogens is 269 g/mol. The van der Waals surface area contributed by atoms with Gasteiger partial charge in [0, 0.05) is 28.7 Å².